The first-order valence-electron chi connectivity index (χ1n) is 6.78. The third kappa shape index (κ3) is 7.24. The largest absolute Gasteiger partial charge is 0.392 e. The molecular weight excluding hydrogens is 198 g/mol. The van der Waals surface area contributed by atoms with E-state index < -0.39 is 0 Å². The van der Waals surface area contributed by atoms with E-state index in [1.807, 2.05) is 6.92 Å². The fourth-order valence-electron chi connectivity index (χ4n) is 2.36. The quantitative estimate of drug-likeness (QED) is 0.691. The van der Waals surface area contributed by atoms with Gasteiger partial charge in [-0.15, -0.1) is 0 Å². The van der Waals surface area contributed by atoms with E-state index in [9.17, 15) is 5.11 Å². The Morgan fingerprint density at radius 3 is 1.62 bits per heavy atom. The lowest BCUT2D eigenvalue weighted by molar-refractivity contribution is 0.0847. The van der Waals surface area contributed by atoms with Gasteiger partial charge in [0, 0.05) is 12.6 Å². The second kappa shape index (κ2) is 8.08. The van der Waals surface area contributed by atoms with Crippen LogP contribution in [0, 0.1) is 11.8 Å². The summed E-state index contributed by atoms with van der Waals surface area (Å²) in [4.78, 5) is 2.44. The van der Waals surface area contributed by atoms with Crippen molar-refractivity contribution < 1.29 is 5.11 Å². The van der Waals surface area contributed by atoms with Crippen molar-refractivity contribution in [3.8, 4) is 0 Å². The molecule has 0 saturated heterocycles. The number of aliphatic hydroxyl groups is 1. The molecule has 2 nitrogen and oxygen atoms in total. The van der Waals surface area contributed by atoms with Crippen LogP contribution in [0.4, 0.5) is 0 Å². The van der Waals surface area contributed by atoms with Gasteiger partial charge in [0.2, 0.25) is 0 Å². The summed E-state index contributed by atoms with van der Waals surface area (Å²) >= 11 is 0. The fraction of sp³-hybridized carbons (Fsp3) is 1.00. The molecule has 0 saturated carbocycles. The van der Waals surface area contributed by atoms with Gasteiger partial charge in [0.1, 0.15) is 0 Å². The van der Waals surface area contributed by atoms with Crippen LogP contribution in [0.3, 0.4) is 0 Å². The molecule has 0 fully saturated rings. The molecule has 0 aromatic carbocycles. The minimum Gasteiger partial charge on any atom is -0.392 e. The normalized spacial score (nSPS) is 14.4. The number of rotatable bonds is 8. The molecule has 0 aliphatic carbocycles. The highest BCUT2D eigenvalue weighted by atomic mass is 16.3. The van der Waals surface area contributed by atoms with E-state index in [0.717, 1.165) is 24.9 Å². The van der Waals surface area contributed by atoms with E-state index in [0.29, 0.717) is 6.04 Å². The Morgan fingerprint density at radius 2 is 1.38 bits per heavy atom. The molecule has 1 N–H and O–H groups in total. The molecule has 1 atom stereocenters. The van der Waals surface area contributed by atoms with Crippen molar-refractivity contribution in [2.45, 2.75) is 66.5 Å². The smallest absolute Gasteiger partial charge is 0.0639 e. The number of aliphatic hydroxyl groups excluding tert-OH is 1. The van der Waals surface area contributed by atoms with Crippen LogP contribution in [0.5, 0.6) is 0 Å². The van der Waals surface area contributed by atoms with Crippen molar-refractivity contribution in [1.82, 2.24) is 4.90 Å². The maximum Gasteiger partial charge on any atom is 0.0639 e. The van der Waals surface area contributed by atoms with Crippen LogP contribution in [0.1, 0.15) is 54.4 Å². The predicted molar refractivity (Wildman–Crippen MR) is 71.6 cm³/mol. The highest BCUT2D eigenvalue weighted by molar-refractivity contribution is 4.75. The average molecular weight is 229 g/mol. The zero-order chi connectivity index (χ0) is 12.7. The van der Waals surface area contributed by atoms with E-state index in [1.54, 1.807) is 0 Å². The highest BCUT2D eigenvalue weighted by Gasteiger charge is 2.20. The van der Waals surface area contributed by atoms with Crippen molar-refractivity contribution in [3.63, 3.8) is 0 Å². The summed E-state index contributed by atoms with van der Waals surface area (Å²) in [6.45, 7) is 15.0. The Kier molecular flexibility index (Phi) is 8.04. The lowest BCUT2D eigenvalue weighted by Gasteiger charge is -2.34. The molecule has 0 aliphatic heterocycles. The van der Waals surface area contributed by atoms with Crippen LogP contribution in [0.15, 0.2) is 0 Å². The van der Waals surface area contributed by atoms with Crippen LogP contribution in [-0.4, -0.2) is 35.2 Å². The fourth-order valence-corrected chi connectivity index (χ4v) is 2.36. The molecule has 1 unspecified atom stereocenters. The molecule has 16 heavy (non-hydrogen) atoms. The highest BCUT2D eigenvalue weighted by Crippen LogP contribution is 2.19. The Labute approximate surface area is 102 Å². The van der Waals surface area contributed by atoms with Gasteiger partial charge >= 0.3 is 0 Å². The molecule has 0 aromatic heterocycles. The number of hydrogen-bond donors (Lipinski definition) is 1. The van der Waals surface area contributed by atoms with Crippen molar-refractivity contribution in [3.05, 3.63) is 0 Å². The molecule has 98 valence electrons. The van der Waals surface area contributed by atoms with Gasteiger partial charge in [-0.05, 0) is 38.1 Å². The van der Waals surface area contributed by atoms with Crippen molar-refractivity contribution in [2.24, 2.45) is 11.8 Å². The topological polar surface area (TPSA) is 23.5 Å². The summed E-state index contributed by atoms with van der Waals surface area (Å²) in [5.74, 6) is 1.46. The van der Waals surface area contributed by atoms with E-state index in [4.69, 9.17) is 0 Å². The Hall–Kier alpha value is -0.0800. The molecule has 0 heterocycles. The van der Waals surface area contributed by atoms with Gasteiger partial charge in [-0.1, -0.05) is 34.6 Å². The summed E-state index contributed by atoms with van der Waals surface area (Å²) in [5.41, 5.74) is 0. The SMILES string of the molecule is CCN(CC(C)O)C(CC(C)C)CC(C)C. The molecular formula is C14H31NO. The lowest BCUT2D eigenvalue weighted by atomic mass is 9.94. The van der Waals surface area contributed by atoms with Gasteiger partial charge in [0.15, 0.2) is 0 Å². The number of nitrogens with zero attached hydrogens (tertiary/aromatic N) is 1. The molecule has 2 heteroatoms. The Morgan fingerprint density at radius 1 is 0.938 bits per heavy atom. The van der Waals surface area contributed by atoms with Gasteiger partial charge < -0.3 is 5.11 Å². The molecule has 0 spiro atoms. The molecule has 0 rings (SSSR count). The number of likely N-dealkylation sites (N-methyl/N-ethyl adjacent to an activating group) is 1. The van der Waals surface area contributed by atoms with Gasteiger partial charge in [-0.3, -0.25) is 4.90 Å². The minimum absolute atomic E-state index is 0.221. The minimum atomic E-state index is -0.221. The molecule has 0 aliphatic rings. The van der Waals surface area contributed by atoms with E-state index in [1.165, 1.54) is 12.8 Å². The zero-order valence-electron chi connectivity index (χ0n) is 12.0. The second-order valence-corrected chi connectivity index (χ2v) is 5.85. The first kappa shape index (κ1) is 15.9. The van der Waals surface area contributed by atoms with E-state index in [2.05, 4.69) is 39.5 Å². The average Bonchev–Trinajstić information content (AvgIpc) is 2.11. The molecule has 0 radical (unpaired) electrons. The maximum absolute atomic E-state index is 9.53. The van der Waals surface area contributed by atoms with Gasteiger partial charge in [0.05, 0.1) is 6.10 Å². The van der Waals surface area contributed by atoms with Gasteiger partial charge in [0.25, 0.3) is 0 Å². The Balaban J connectivity index is 4.42. The third-order valence-corrected chi connectivity index (χ3v) is 2.91. The predicted octanol–water partition coefficient (Wildman–Crippen LogP) is 3.15. The summed E-state index contributed by atoms with van der Waals surface area (Å²) in [5, 5.41) is 9.53. The van der Waals surface area contributed by atoms with Crippen LogP contribution >= 0.6 is 0 Å². The monoisotopic (exact) mass is 229 g/mol. The van der Waals surface area contributed by atoms with Crippen LogP contribution < -0.4 is 0 Å². The van der Waals surface area contributed by atoms with Crippen LogP contribution in [0.25, 0.3) is 0 Å². The number of hydrogen-bond acceptors (Lipinski definition) is 2. The van der Waals surface area contributed by atoms with Crippen LogP contribution in [0.2, 0.25) is 0 Å². The Bertz CT molecular complexity index is 156. The lowest BCUT2D eigenvalue weighted by Crippen LogP contribution is -2.41. The van der Waals surface area contributed by atoms with Crippen LogP contribution in [-0.2, 0) is 0 Å². The molecule has 0 aromatic rings. The molecule has 0 amide bonds. The van der Waals surface area contributed by atoms with E-state index >= 15 is 0 Å². The second-order valence-electron chi connectivity index (χ2n) is 5.85. The molecule has 0 bridgehead atoms. The summed E-state index contributed by atoms with van der Waals surface area (Å²) in [6, 6.07) is 0.625. The maximum atomic E-state index is 9.53. The summed E-state index contributed by atoms with van der Waals surface area (Å²) in [7, 11) is 0. The van der Waals surface area contributed by atoms with Gasteiger partial charge in [-0.25, -0.2) is 0 Å². The van der Waals surface area contributed by atoms with Gasteiger partial charge in [-0.2, -0.15) is 0 Å². The first-order chi connectivity index (χ1) is 7.36. The van der Waals surface area contributed by atoms with Crippen molar-refractivity contribution in [1.29, 1.82) is 0 Å². The first-order valence-corrected chi connectivity index (χ1v) is 6.78. The summed E-state index contributed by atoms with van der Waals surface area (Å²) < 4.78 is 0. The third-order valence-electron chi connectivity index (χ3n) is 2.91. The van der Waals surface area contributed by atoms with Crippen molar-refractivity contribution in [2.75, 3.05) is 13.1 Å². The zero-order valence-corrected chi connectivity index (χ0v) is 12.0. The summed E-state index contributed by atoms with van der Waals surface area (Å²) in [6.07, 6.45) is 2.25. The van der Waals surface area contributed by atoms with Crippen molar-refractivity contribution >= 4 is 0 Å². The van der Waals surface area contributed by atoms with E-state index in [-0.39, 0.29) is 6.10 Å². The standard InChI is InChI=1S/C14H31NO/c1-7-15(10-13(6)16)14(8-11(2)3)9-12(4)5/h11-14,16H,7-10H2,1-6H3.